The van der Waals surface area contributed by atoms with Gasteiger partial charge < -0.3 is 20.1 Å². The van der Waals surface area contributed by atoms with E-state index in [-0.39, 0.29) is 30.2 Å². The maximum absolute atomic E-state index is 12.0. The van der Waals surface area contributed by atoms with Gasteiger partial charge in [-0.25, -0.2) is 0 Å². The van der Waals surface area contributed by atoms with Gasteiger partial charge in [0.15, 0.2) is 0 Å². The first-order valence-electron chi connectivity index (χ1n) is 7.44. The van der Waals surface area contributed by atoms with Crippen LogP contribution in [-0.2, 0) is 14.3 Å². The molecule has 0 aromatic rings. The molecule has 0 aromatic heterocycles. The van der Waals surface area contributed by atoms with E-state index in [4.69, 9.17) is 9.47 Å². The maximum atomic E-state index is 12.0. The Labute approximate surface area is 115 Å². The van der Waals surface area contributed by atoms with Crippen molar-refractivity contribution >= 4 is 5.91 Å². The molecule has 5 nitrogen and oxygen atoms in total. The number of rotatable bonds is 6. The van der Waals surface area contributed by atoms with Crippen molar-refractivity contribution in [1.82, 2.24) is 10.6 Å². The molecule has 110 valence electrons. The first kappa shape index (κ1) is 14.8. The van der Waals surface area contributed by atoms with Gasteiger partial charge in [-0.05, 0) is 39.5 Å². The molecule has 0 bridgehead atoms. The van der Waals surface area contributed by atoms with E-state index in [2.05, 4.69) is 17.6 Å². The number of hydrogen-bond acceptors (Lipinski definition) is 4. The zero-order valence-electron chi connectivity index (χ0n) is 12.0. The molecule has 2 rings (SSSR count). The number of carbonyl (C=O) groups excluding carboxylic acids is 1. The quantitative estimate of drug-likeness (QED) is 0.750. The van der Waals surface area contributed by atoms with Crippen LogP contribution in [-0.4, -0.2) is 50.0 Å². The minimum Gasteiger partial charge on any atom is -0.377 e. The fourth-order valence-electron chi connectivity index (χ4n) is 2.75. The molecule has 2 aliphatic heterocycles. The van der Waals surface area contributed by atoms with Gasteiger partial charge in [0, 0.05) is 25.8 Å². The molecular formula is C14H26N2O3. The van der Waals surface area contributed by atoms with E-state index in [1.165, 1.54) is 0 Å². The van der Waals surface area contributed by atoms with Gasteiger partial charge >= 0.3 is 0 Å². The van der Waals surface area contributed by atoms with Crippen LogP contribution in [0.5, 0.6) is 0 Å². The third-order valence-electron chi connectivity index (χ3n) is 3.96. The Morgan fingerprint density at radius 3 is 2.58 bits per heavy atom. The highest BCUT2D eigenvalue weighted by Crippen LogP contribution is 2.15. The number of ether oxygens (including phenoxy) is 2. The normalized spacial score (nSPS) is 30.2. The second-order valence-electron chi connectivity index (χ2n) is 5.61. The number of nitrogens with one attached hydrogen (secondary N) is 2. The van der Waals surface area contributed by atoms with E-state index in [0.29, 0.717) is 6.54 Å². The van der Waals surface area contributed by atoms with E-state index in [1.807, 2.05) is 6.92 Å². The summed E-state index contributed by atoms with van der Waals surface area (Å²) in [5.41, 5.74) is 0. The first-order chi connectivity index (χ1) is 9.16. The molecule has 0 radical (unpaired) electrons. The van der Waals surface area contributed by atoms with Gasteiger partial charge in [0.25, 0.3) is 0 Å². The van der Waals surface area contributed by atoms with Crippen molar-refractivity contribution < 1.29 is 14.3 Å². The van der Waals surface area contributed by atoms with Crippen LogP contribution >= 0.6 is 0 Å². The van der Waals surface area contributed by atoms with Gasteiger partial charge in [-0.15, -0.1) is 0 Å². The Morgan fingerprint density at radius 2 is 1.95 bits per heavy atom. The summed E-state index contributed by atoms with van der Waals surface area (Å²) in [4.78, 5) is 12.0. The largest absolute Gasteiger partial charge is 0.377 e. The summed E-state index contributed by atoms with van der Waals surface area (Å²) < 4.78 is 11.1. The Balaban J connectivity index is 1.66. The maximum Gasteiger partial charge on any atom is 0.236 e. The summed E-state index contributed by atoms with van der Waals surface area (Å²) in [6.45, 7) is 6.27. The second-order valence-corrected chi connectivity index (χ2v) is 5.61. The fraction of sp³-hybridized carbons (Fsp3) is 0.929. The van der Waals surface area contributed by atoms with E-state index in [0.717, 1.165) is 38.9 Å². The van der Waals surface area contributed by atoms with Crippen LogP contribution in [0.4, 0.5) is 0 Å². The van der Waals surface area contributed by atoms with Crippen LogP contribution in [0.25, 0.3) is 0 Å². The lowest BCUT2D eigenvalue weighted by Crippen LogP contribution is -2.50. The van der Waals surface area contributed by atoms with Crippen molar-refractivity contribution in [1.29, 1.82) is 0 Å². The molecule has 0 aliphatic carbocycles. The summed E-state index contributed by atoms with van der Waals surface area (Å²) in [5.74, 6) is 0.0420. The SMILES string of the molecule is C[C@H](N[C@H](C)[C@H]1CCCO1)C(=O)NC[C@@H]1CCCO1. The lowest BCUT2D eigenvalue weighted by atomic mass is 10.1. The molecule has 0 unspecified atom stereocenters. The van der Waals surface area contributed by atoms with Crippen molar-refractivity contribution in [2.24, 2.45) is 0 Å². The summed E-state index contributed by atoms with van der Waals surface area (Å²) in [7, 11) is 0. The molecule has 0 spiro atoms. The number of hydrogen-bond donors (Lipinski definition) is 2. The monoisotopic (exact) mass is 270 g/mol. The molecule has 19 heavy (non-hydrogen) atoms. The lowest BCUT2D eigenvalue weighted by molar-refractivity contribution is -0.123. The minimum atomic E-state index is -0.194. The average molecular weight is 270 g/mol. The fourth-order valence-corrected chi connectivity index (χ4v) is 2.75. The highest BCUT2D eigenvalue weighted by Gasteiger charge is 2.25. The smallest absolute Gasteiger partial charge is 0.236 e. The molecule has 1 amide bonds. The van der Waals surface area contributed by atoms with E-state index < -0.39 is 0 Å². The van der Waals surface area contributed by atoms with E-state index in [1.54, 1.807) is 0 Å². The molecule has 2 heterocycles. The minimum absolute atomic E-state index is 0.0420. The van der Waals surface area contributed by atoms with Crippen LogP contribution in [0.3, 0.4) is 0 Å². The Bertz CT molecular complexity index is 286. The predicted octanol–water partition coefficient (Wildman–Crippen LogP) is 0.827. The Kier molecular flexibility index (Phi) is 5.60. The van der Waals surface area contributed by atoms with Crippen molar-refractivity contribution in [3.8, 4) is 0 Å². The van der Waals surface area contributed by atoms with Crippen LogP contribution in [0.2, 0.25) is 0 Å². The van der Waals surface area contributed by atoms with Crippen molar-refractivity contribution in [3.63, 3.8) is 0 Å². The van der Waals surface area contributed by atoms with Gasteiger partial charge in [-0.1, -0.05) is 0 Å². The molecule has 5 heteroatoms. The highest BCUT2D eigenvalue weighted by molar-refractivity contribution is 5.81. The topological polar surface area (TPSA) is 59.6 Å². The van der Waals surface area contributed by atoms with Crippen molar-refractivity contribution in [3.05, 3.63) is 0 Å². The third-order valence-corrected chi connectivity index (χ3v) is 3.96. The molecule has 2 N–H and O–H groups in total. The molecule has 2 fully saturated rings. The summed E-state index contributed by atoms with van der Waals surface area (Å²) in [6, 6.07) is 0.0200. The van der Waals surface area contributed by atoms with E-state index >= 15 is 0 Å². The van der Waals surface area contributed by atoms with Gasteiger partial charge in [0.05, 0.1) is 18.2 Å². The predicted molar refractivity (Wildman–Crippen MR) is 73.0 cm³/mol. The lowest BCUT2D eigenvalue weighted by Gasteiger charge is -2.24. The Morgan fingerprint density at radius 1 is 1.21 bits per heavy atom. The van der Waals surface area contributed by atoms with Gasteiger partial charge in [0.1, 0.15) is 0 Å². The molecule has 2 aliphatic rings. The molecule has 0 saturated carbocycles. The highest BCUT2D eigenvalue weighted by atomic mass is 16.5. The van der Waals surface area contributed by atoms with Gasteiger partial charge in [-0.2, -0.15) is 0 Å². The summed E-state index contributed by atoms with van der Waals surface area (Å²) in [6.07, 6.45) is 4.80. The standard InChI is InChI=1S/C14H26N2O3/c1-10(13-6-4-8-19-13)16-11(2)14(17)15-9-12-5-3-7-18-12/h10-13,16H,3-9H2,1-2H3,(H,15,17)/t10-,11+,12+,13-/m1/s1. The number of carbonyl (C=O) groups is 1. The van der Waals surface area contributed by atoms with Gasteiger partial charge in [0.2, 0.25) is 5.91 Å². The van der Waals surface area contributed by atoms with Gasteiger partial charge in [-0.3, -0.25) is 4.79 Å². The van der Waals surface area contributed by atoms with Crippen LogP contribution in [0, 0.1) is 0 Å². The third kappa shape index (κ3) is 4.44. The molecule has 0 aromatic carbocycles. The van der Waals surface area contributed by atoms with Crippen LogP contribution in [0.1, 0.15) is 39.5 Å². The van der Waals surface area contributed by atoms with Crippen LogP contribution in [0.15, 0.2) is 0 Å². The summed E-state index contributed by atoms with van der Waals surface area (Å²) in [5, 5.41) is 6.27. The Hall–Kier alpha value is -0.650. The second kappa shape index (κ2) is 7.22. The van der Waals surface area contributed by atoms with E-state index in [9.17, 15) is 4.79 Å². The zero-order chi connectivity index (χ0) is 13.7. The molecule has 2 saturated heterocycles. The number of amides is 1. The molecule has 4 atom stereocenters. The van der Waals surface area contributed by atoms with Crippen molar-refractivity contribution in [2.45, 2.75) is 63.8 Å². The van der Waals surface area contributed by atoms with Crippen molar-refractivity contribution in [2.75, 3.05) is 19.8 Å². The van der Waals surface area contributed by atoms with Crippen LogP contribution < -0.4 is 10.6 Å². The molecular weight excluding hydrogens is 244 g/mol. The summed E-state index contributed by atoms with van der Waals surface area (Å²) >= 11 is 0. The average Bonchev–Trinajstić information content (AvgIpc) is 3.08. The zero-order valence-corrected chi connectivity index (χ0v) is 12.0. The first-order valence-corrected chi connectivity index (χ1v) is 7.44.